The zero-order valence-corrected chi connectivity index (χ0v) is 26.2. The van der Waals surface area contributed by atoms with Crippen molar-refractivity contribution >= 4 is 31.4 Å². The van der Waals surface area contributed by atoms with E-state index < -0.39 is 43.3 Å². The normalized spacial score (nSPS) is 12.7. The van der Waals surface area contributed by atoms with E-state index >= 15 is 0 Å². The van der Waals surface area contributed by atoms with Gasteiger partial charge in [0.05, 0.1) is 12.5 Å². The molecule has 41 heavy (non-hydrogen) atoms. The Labute approximate surface area is 255 Å². The maximum atomic E-state index is 13.2. The molecule has 0 amide bonds. The SMILES string of the molecule is CCN(c1ccc(F)[c-]c1F)S(C)(=O)=O.CCN(c1ccc(F)[c-]c1F)S(C)(=O)=O.[C-]1=CC=CC1.[C-]1=CC=CC1.[Ti+4]. The topological polar surface area (TPSA) is 74.8 Å². The van der Waals surface area contributed by atoms with Crippen LogP contribution >= 0.6 is 0 Å². The van der Waals surface area contributed by atoms with Crippen LogP contribution in [0.25, 0.3) is 0 Å². The molecule has 0 spiro atoms. The summed E-state index contributed by atoms with van der Waals surface area (Å²) in [4.78, 5) is 0. The van der Waals surface area contributed by atoms with Gasteiger partial charge in [-0.05, 0) is 25.2 Å². The summed E-state index contributed by atoms with van der Waals surface area (Å²) in [5.74, 6) is -3.74. The minimum absolute atomic E-state index is 0. The van der Waals surface area contributed by atoms with Crippen LogP contribution in [0.4, 0.5) is 28.9 Å². The van der Waals surface area contributed by atoms with Gasteiger partial charge in [-0.2, -0.15) is 12.2 Å². The van der Waals surface area contributed by atoms with E-state index in [1.807, 2.05) is 24.3 Å². The van der Waals surface area contributed by atoms with E-state index in [2.05, 4.69) is 24.3 Å². The first kappa shape index (κ1) is 38.3. The number of sulfonamides is 2. The van der Waals surface area contributed by atoms with Crippen LogP contribution in [0.2, 0.25) is 0 Å². The number of halogens is 4. The number of hydrogen-bond acceptors (Lipinski definition) is 4. The molecular weight excluding hydrogens is 616 g/mol. The summed E-state index contributed by atoms with van der Waals surface area (Å²) in [5.41, 5.74) is -0.386. The summed E-state index contributed by atoms with van der Waals surface area (Å²) < 4.78 is 98.2. The molecule has 0 bridgehead atoms. The van der Waals surface area contributed by atoms with E-state index in [9.17, 15) is 34.4 Å². The fraction of sp³-hybridized carbons (Fsp3) is 0.286. The van der Waals surface area contributed by atoms with E-state index in [4.69, 9.17) is 0 Å². The fourth-order valence-corrected chi connectivity index (χ4v) is 5.04. The van der Waals surface area contributed by atoms with E-state index in [0.717, 1.165) is 58.2 Å². The van der Waals surface area contributed by atoms with Gasteiger partial charge in [-0.1, -0.05) is 0 Å². The van der Waals surface area contributed by atoms with Crippen molar-refractivity contribution in [1.29, 1.82) is 0 Å². The average Bonchev–Trinajstić information content (AvgIpc) is 3.61. The van der Waals surface area contributed by atoms with Crippen molar-refractivity contribution in [3.8, 4) is 0 Å². The van der Waals surface area contributed by atoms with Crippen LogP contribution in [0.5, 0.6) is 0 Å². The molecule has 0 atom stereocenters. The van der Waals surface area contributed by atoms with Gasteiger partial charge in [0.2, 0.25) is 20.0 Å². The van der Waals surface area contributed by atoms with Crippen molar-refractivity contribution in [2.45, 2.75) is 26.7 Å². The quantitative estimate of drug-likeness (QED) is 0.229. The summed E-state index contributed by atoms with van der Waals surface area (Å²) in [7, 11) is -7.10. The third-order valence-electron chi connectivity index (χ3n) is 4.77. The smallest absolute Gasteiger partial charge is 0.321 e. The van der Waals surface area contributed by atoms with Crippen molar-refractivity contribution in [2.24, 2.45) is 0 Å². The summed E-state index contributed by atoms with van der Waals surface area (Å²) in [6.45, 7) is 3.28. The first-order chi connectivity index (χ1) is 18.7. The number of nitrogens with zero attached hydrogens (tertiary/aromatic N) is 2. The van der Waals surface area contributed by atoms with Gasteiger partial charge < -0.3 is 8.61 Å². The molecule has 0 radical (unpaired) electrons. The van der Waals surface area contributed by atoms with Gasteiger partial charge in [-0.25, -0.2) is 58.7 Å². The molecule has 2 aliphatic rings. The van der Waals surface area contributed by atoms with Crippen LogP contribution in [0.3, 0.4) is 0 Å². The molecule has 0 saturated heterocycles. The predicted octanol–water partition coefficient (Wildman–Crippen LogP) is 5.71. The Morgan fingerprint density at radius 1 is 0.683 bits per heavy atom. The van der Waals surface area contributed by atoms with Crippen molar-refractivity contribution < 1.29 is 56.1 Å². The number of allylic oxidation sites excluding steroid dienone is 8. The zero-order valence-electron chi connectivity index (χ0n) is 23.0. The van der Waals surface area contributed by atoms with Gasteiger partial charge in [0.15, 0.2) is 0 Å². The maximum absolute atomic E-state index is 13.2. The van der Waals surface area contributed by atoms with Gasteiger partial charge in [0.25, 0.3) is 0 Å². The molecule has 13 heteroatoms. The molecule has 0 N–H and O–H groups in total. The van der Waals surface area contributed by atoms with Crippen molar-refractivity contribution in [3.05, 3.63) is 108 Å². The van der Waals surface area contributed by atoms with E-state index in [0.29, 0.717) is 0 Å². The fourth-order valence-electron chi connectivity index (χ4n) is 3.10. The van der Waals surface area contributed by atoms with Gasteiger partial charge >= 0.3 is 21.7 Å². The van der Waals surface area contributed by atoms with Gasteiger partial charge in [0, 0.05) is 36.4 Å². The van der Waals surface area contributed by atoms with Crippen LogP contribution in [0.15, 0.2) is 60.7 Å². The van der Waals surface area contributed by atoms with Crippen LogP contribution in [0, 0.1) is 47.6 Å². The molecule has 6 nitrogen and oxygen atoms in total. The second-order valence-corrected chi connectivity index (χ2v) is 11.7. The third-order valence-corrected chi connectivity index (χ3v) is 7.28. The molecular formula is C28H30F4N2O4S2Ti. The Balaban J connectivity index is 0.000000573. The molecule has 2 aliphatic carbocycles. The maximum Gasteiger partial charge on any atom is 4.00 e. The third kappa shape index (κ3) is 14.2. The number of anilines is 2. The van der Waals surface area contributed by atoms with Crippen LogP contribution in [0.1, 0.15) is 26.7 Å². The van der Waals surface area contributed by atoms with Crippen LogP contribution in [-0.2, 0) is 41.8 Å². The van der Waals surface area contributed by atoms with Crippen LogP contribution < -0.4 is 8.61 Å². The molecule has 0 unspecified atom stereocenters. The molecule has 0 aromatic heterocycles. The summed E-state index contributed by atoms with van der Waals surface area (Å²) in [6.07, 6.45) is 21.9. The number of benzene rings is 2. The molecule has 0 aliphatic heterocycles. The van der Waals surface area contributed by atoms with Gasteiger partial charge in [-0.3, -0.25) is 12.2 Å². The van der Waals surface area contributed by atoms with Gasteiger partial charge in [0.1, 0.15) is 0 Å². The van der Waals surface area contributed by atoms with Crippen molar-refractivity contribution in [3.63, 3.8) is 0 Å². The molecule has 2 aromatic carbocycles. The first-order valence-electron chi connectivity index (χ1n) is 11.9. The van der Waals surface area contributed by atoms with Crippen molar-refractivity contribution in [2.75, 3.05) is 34.2 Å². The molecule has 220 valence electrons. The molecule has 4 rings (SSSR count). The molecule has 0 fully saturated rings. The van der Waals surface area contributed by atoms with Crippen LogP contribution in [-0.4, -0.2) is 42.4 Å². The second kappa shape index (κ2) is 18.7. The van der Waals surface area contributed by atoms with E-state index in [1.54, 1.807) is 26.0 Å². The van der Waals surface area contributed by atoms with E-state index in [1.165, 1.54) is 0 Å². The molecule has 0 heterocycles. The van der Waals surface area contributed by atoms with E-state index in [-0.39, 0.29) is 46.2 Å². The summed E-state index contributed by atoms with van der Waals surface area (Å²) in [6, 6.07) is 7.65. The average molecular weight is 647 g/mol. The minimum Gasteiger partial charge on any atom is -0.321 e. The standard InChI is InChI=1S/2C9H10F2NO2S.2C5H5.Ti/c2*1-3-12(15(2,13)14)9-5-4-7(10)6-8(9)11;2*1-2-4-5-3-1;/h2*4-5H,3H2,1-2H3;2*1-3H,4H2;/q4*-1;+4. The summed E-state index contributed by atoms with van der Waals surface area (Å²) in [5, 5.41) is 0. The zero-order chi connectivity index (χ0) is 30.3. The largest absolute Gasteiger partial charge is 4.00 e. The Hall–Kier alpha value is -2.67. The Bertz CT molecular complexity index is 1320. The Kier molecular flexibility index (Phi) is 17.5. The molecule has 2 aromatic rings. The van der Waals surface area contributed by atoms with Gasteiger partial charge in [-0.15, -0.1) is 49.2 Å². The van der Waals surface area contributed by atoms with Crippen molar-refractivity contribution in [1.82, 2.24) is 0 Å². The Morgan fingerprint density at radius 3 is 1.20 bits per heavy atom. The minimum atomic E-state index is -3.55. The number of rotatable bonds is 6. The second-order valence-electron chi connectivity index (χ2n) is 7.87. The first-order valence-corrected chi connectivity index (χ1v) is 15.6. The Morgan fingerprint density at radius 2 is 1.02 bits per heavy atom. The monoisotopic (exact) mass is 646 g/mol. The molecule has 0 saturated carbocycles. The summed E-state index contributed by atoms with van der Waals surface area (Å²) >= 11 is 0. The predicted molar refractivity (Wildman–Crippen MR) is 149 cm³/mol. The number of hydrogen-bond donors (Lipinski definition) is 0.